The van der Waals surface area contributed by atoms with Gasteiger partial charge in [-0.25, -0.2) is 0 Å². The summed E-state index contributed by atoms with van der Waals surface area (Å²) < 4.78 is 0. The van der Waals surface area contributed by atoms with Crippen molar-refractivity contribution in [2.75, 3.05) is 26.2 Å². The first-order chi connectivity index (χ1) is 9.24. The number of nitrogens with two attached hydrogens (primary N) is 1. The van der Waals surface area contributed by atoms with E-state index in [4.69, 9.17) is 10.6 Å². The number of likely N-dealkylation sites (tertiary alicyclic amines) is 1. The summed E-state index contributed by atoms with van der Waals surface area (Å²) in [5.41, 5.74) is 9.27. The zero-order valence-corrected chi connectivity index (χ0v) is 11.0. The predicted octanol–water partition coefficient (Wildman–Crippen LogP) is 0.310. The molecule has 1 unspecified atom stereocenters. The minimum Gasteiger partial charge on any atom is -0.368 e. The number of hydroxylamine groups is 1. The number of benzene rings is 1. The Hall–Kier alpha value is -1.43. The van der Waals surface area contributed by atoms with Crippen LogP contribution in [0.4, 0.5) is 0 Å². The van der Waals surface area contributed by atoms with Crippen molar-refractivity contribution in [2.45, 2.75) is 18.9 Å². The molecule has 1 atom stereocenters. The van der Waals surface area contributed by atoms with E-state index in [1.54, 1.807) is 0 Å². The Labute approximate surface area is 113 Å². The van der Waals surface area contributed by atoms with Crippen LogP contribution in [-0.2, 0) is 16.1 Å². The smallest absolute Gasteiger partial charge is 0.245 e. The Morgan fingerprint density at radius 3 is 2.95 bits per heavy atom. The molecule has 0 radical (unpaired) electrons. The highest BCUT2D eigenvalue weighted by Crippen LogP contribution is 2.10. The van der Waals surface area contributed by atoms with Crippen LogP contribution in [0, 0.1) is 0 Å². The van der Waals surface area contributed by atoms with Gasteiger partial charge < -0.3 is 10.6 Å². The third-order valence-corrected chi connectivity index (χ3v) is 3.30. The van der Waals surface area contributed by atoms with Crippen LogP contribution in [0.2, 0.25) is 0 Å². The van der Waals surface area contributed by atoms with Crippen LogP contribution >= 0.6 is 0 Å². The topological polar surface area (TPSA) is 67.6 Å². The molecular weight excluding hydrogens is 242 g/mol. The minimum atomic E-state index is -0.452. The van der Waals surface area contributed by atoms with Gasteiger partial charge in [0.1, 0.15) is 6.61 Å². The quantitative estimate of drug-likeness (QED) is 0.695. The van der Waals surface area contributed by atoms with E-state index in [9.17, 15) is 4.79 Å². The molecule has 0 spiro atoms. The molecule has 1 aromatic carbocycles. The lowest BCUT2D eigenvalue weighted by Gasteiger charge is -2.16. The summed E-state index contributed by atoms with van der Waals surface area (Å²) in [6.07, 6.45) is 2.10. The summed E-state index contributed by atoms with van der Waals surface area (Å²) in [4.78, 5) is 18.0. The second kappa shape index (κ2) is 7.23. The molecule has 1 fully saturated rings. The highest BCUT2D eigenvalue weighted by Gasteiger charge is 2.22. The van der Waals surface area contributed by atoms with Crippen LogP contribution in [0.1, 0.15) is 12.0 Å². The number of rotatable bonds is 7. The van der Waals surface area contributed by atoms with E-state index in [2.05, 4.69) is 34.6 Å². The van der Waals surface area contributed by atoms with Gasteiger partial charge in [-0.05, 0) is 24.9 Å². The summed E-state index contributed by atoms with van der Waals surface area (Å²) in [7, 11) is 0. The lowest BCUT2D eigenvalue weighted by Crippen LogP contribution is -2.35. The molecular formula is C14H21N3O2. The van der Waals surface area contributed by atoms with Crippen molar-refractivity contribution in [3.05, 3.63) is 35.9 Å². The number of hydrogen-bond donors (Lipinski definition) is 2. The molecule has 3 N–H and O–H groups in total. The van der Waals surface area contributed by atoms with Gasteiger partial charge in [-0.3, -0.25) is 9.63 Å². The Morgan fingerprint density at radius 1 is 1.42 bits per heavy atom. The molecule has 104 valence electrons. The molecule has 0 bridgehead atoms. The van der Waals surface area contributed by atoms with Gasteiger partial charge in [0.2, 0.25) is 5.91 Å². The first kappa shape index (κ1) is 14.0. The molecule has 1 saturated heterocycles. The van der Waals surface area contributed by atoms with Gasteiger partial charge in [-0.15, -0.1) is 0 Å². The van der Waals surface area contributed by atoms with Crippen molar-refractivity contribution in [3.63, 3.8) is 0 Å². The molecule has 2 rings (SSSR count). The Balaban J connectivity index is 1.63. The maximum Gasteiger partial charge on any atom is 0.245 e. The third-order valence-electron chi connectivity index (χ3n) is 3.30. The average Bonchev–Trinajstić information content (AvgIpc) is 2.85. The minimum absolute atomic E-state index is 0.0689. The summed E-state index contributed by atoms with van der Waals surface area (Å²) in [6.45, 7) is 2.99. The van der Waals surface area contributed by atoms with Crippen LogP contribution in [0.5, 0.6) is 0 Å². The first-order valence-electron chi connectivity index (χ1n) is 6.66. The number of nitrogens with one attached hydrogen (secondary N) is 1. The van der Waals surface area contributed by atoms with Gasteiger partial charge in [-0.2, -0.15) is 5.48 Å². The van der Waals surface area contributed by atoms with Gasteiger partial charge in [0.25, 0.3) is 0 Å². The number of carbonyl (C=O) groups excluding carboxylic acids is 1. The highest BCUT2D eigenvalue weighted by molar-refractivity contribution is 5.74. The van der Waals surface area contributed by atoms with Gasteiger partial charge in [-0.1, -0.05) is 30.3 Å². The predicted molar refractivity (Wildman–Crippen MR) is 73.3 cm³/mol. The zero-order valence-electron chi connectivity index (χ0n) is 11.0. The van der Waals surface area contributed by atoms with Gasteiger partial charge in [0.05, 0.1) is 0 Å². The number of amides is 1. The van der Waals surface area contributed by atoms with E-state index in [1.807, 2.05) is 6.07 Å². The number of primary amides is 1. The SMILES string of the molecule is NC(=O)CONC1CCN(CCc2ccccc2)C1. The van der Waals surface area contributed by atoms with E-state index in [-0.39, 0.29) is 12.6 Å². The molecule has 19 heavy (non-hydrogen) atoms. The largest absolute Gasteiger partial charge is 0.368 e. The molecule has 0 saturated carbocycles. The lowest BCUT2D eigenvalue weighted by molar-refractivity contribution is -0.126. The number of carbonyl (C=O) groups is 1. The second-order valence-electron chi connectivity index (χ2n) is 4.89. The monoisotopic (exact) mass is 263 g/mol. The Morgan fingerprint density at radius 2 is 2.21 bits per heavy atom. The van der Waals surface area contributed by atoms with E-state index >= 15 is 0 Å². The van der Waals surface area contributed by atoms with Crippen molar-refractivity contribution >= 4 is 5.91 Å². The summed E-state index contributed by atoms with van der Waals surface area (Å²) >= 11 is 0. The van der Waals surface area contributed by atoms with Crippen LogP contribution < -0.4 is 11.2 Å². The first-order valence-corrected chi connectivity index (χ1v) is 6.66. The second-order valence-corrected chi connectivity index (χ2v) is 4.89. The van der Waals surface area contributed by atoms with Crippen LogP contribution in [0.25, 0.3) is 0 Å². The van der Waals surface area contributed by atoms with E-state index in [1.165, 1.54) is 5.56 Å². The summed E-state index contributed by atoms with van der Waals surface area (Å²) in [5, 5.41) is 0. The normalized spacial score (nSPS) is 19.7. The summed E-state index contributed by atoms with van der Waals surface area (Å²) in [6, 6.07) is 10.8. The van der Waals surface area contributed by atoms with Crippen LogP contribution in [-0.4, -0.2) is 43.1 Å². The Bertz CT molecular complexity index is 397. The van der Waals surface area contributed by atoms with Crippen molar-refractivity contribution < 1.29 is 9.63 Å². The maximum atomic E-state index is 10.5. The molecule has 5 heteroatoms. The fourth-order valence-electron chi connectivity index (χ4n) is 2.29. The molecule has 0 aromatic heterocycles. The van der Waals surface area contributed by atoms with Crippen molar-refractivity contribution in [1.29, 1.82) is 0 Å². The van der Waals surface area contributed by atoms with Gasteiger partial charge in [0.15, 0.2) is 0 Å². The fourth-order valence-corrected chi connectivity index (χ4v) is 2.29. The van der Waals surface area contributed by atoms with E-state index in [0.717, 1.165) is 32.5 Å². The summed E-state index contributed by atoms with van der Waals surface area (Å²) in [5.74, 6) is -0.452. The van der Waals surface area contributed by atoms with Crippen molar-refractivity contribution in [3.8, 4) is 0 Å². The van der Waals surface area contributed by atoms with Gasteiger partial charge >= 0.3 is 0 Å². The fraction of sp³-hybridized carbons (Fsp3) is 0.500. The Kier molecular flexibility index (Phi) is 5.32. The van der Waals surface area contributed by atoms with Gasteiger partial charge in [0, 0.05) is 19.1 Å². The maximum absolute atomic E-state index is 10.5. The molecule has 5 nitrogen and oxygen atoms in total. The number of nitrogens with zero attached hydrogens (tertiary/aromatic N) is 1. The average molecular weight is 263 g/mol. The number of hydrogen-bond acceptors (Lipinski definition) is 4. The molecule has 1 heterocycles. The molecule has 1 aliphatic rings. The van der Waals surface area contributed by atoms with Crippen molar-refractivity contribution in [1.82, 2.24) is 10.4 Å². The third kappa shape index (κ3) is 4.98. The van der Waals surface area contributed by atoms with Crippen molar-refractivity contribution in [2.24, 2.45) is 5.73 Å². The molecule has 1 amide bonds. The highest BCUT2D eigenvalue weighted by atomic mass is 16.6. The zero-order chi connectivity index (χ0) is 13.5. The van der Waals surface area contributed by atoms with Crippen LogP contribution in [0.3, 0.4) is 0 Å². The van der Waals surface area contributed by atoms with Crippen LogP contribution in [0.15, 0.2) is 30.3 Å². The standard InChI is InChI=1S/C14H21N3O2/c15-14(18)11-19-16-13-7-9-17(10-13)8-6-12-4-2-1-3-5-12/h1-5,13,16H,6-11H2,(H2,15,18). The lowest BCUT2D eigenvalue weighted by atomic mass is 10.1. The van der Waals surface area contributed by atoms with E-state index < -0.39 is 5.91 Å². The molecule has 1 aromatic rings. The molecule has 1 aliphatic heterocycles. The molecule has 0 aliphatic carbocycles. The van der Waals surface area contributed by atoms with E-state index in [0.29, 0.717) is 0 Å².